The second kappa shape index (κ2) is 2.70. The first-order valence-corrected chi connectivity index (χ1v) is 3.68. The molecule has 60 valence electrons. The number of carbonyl (C=O) groups is 1. The van der Waals surface area contributed by atoms with Crippen LogP contribution in [0.1, 0.15) is 0 Å². The molecule has 12 heavy (non-hydrogen) atoms. The van der Waals surface area contributed by atoms with Crippen LogP contribution in [0.4, 0.5) is 5.69 Å². The number of benzene rings is 1. The number of hydrogen-bond acceptors (Lipinski definition) is 1. The van der Waals surface area contributed by atoms with Crippen molar-refractivity contribution in [2.75, 3.05) is 5.32 Å². The van der Waals surface area contributed by atoms with Crippen molar-refractivity contribution in [3.05, 3.63) is 30.5 Å². The number of nitrogens with one attached hydrogen (secondary N) is 2. The van der Waals surface area contributed by atoms with Crippen molar-refractivity contribution in [2.24, 2.45) is 0 Å². The molecule has 2 N–H and O–H groups in total. The van der Waals surface area contributed by atoms with Crippen molar-refractivity contribution < 1.29 is 4.79 Å². The van der Waals surface area contributed by atoms with Gasteiger partial charge in [-0.05, 0) is 12.1 Å². The lowest BCUT2D eigenvalue weighted by Gasteiger charge is -1.98. The van der Waals surface area contributed by atoms with E-state index in [2.05, 4.69) is 10.3 Å². The zero-order chi connectivity index (χ0) is 8.39. The fourth-order valence-corrected chi connectivity index (χ4v) is 1.27. The first-order valence-electron chi connectivity index (χ1n) is 3.68. The minimum atomic E-state index is 0.676. The quantitative estimate of drug-likeness (QED) is 0.646. The molecule has 0 fully saturated rings. The van der Waals surface area contributed by atoms with Gasteiger partial charge in [-0.25, -0.2) is 0 Å². The lowest BCUT2D eigenvalue weighted by Crippen LogP contribution is -1.93. The molecule has 0 aliphatic carbocycles. The van der Waals surface area contributed by atoms with Crippen molar-refractivity contribution in [3.63, 3.8) is 0 Å². The van der Waals surface area contributed by atoms with Gasteiger partial charge in [-0.2, -0.15) is 0 Å². The summed E-state index contributed by atoms with van der Waals surface area (Å²) in [6.45, 7) is 0. The Morgan fingerprint density at radius 2 is 2.25 bits per heavy atom. The largest absolute Gasteiger partial charge is 0.359 e. The summed E-state index contributed by atoms with van der Waals surface area (Å²) in [5.41, 5.74) is 1.78. The third-order valence-corrected chi connectivity index (χ3v) is 1.80. The molecular weight excluding hydrogens is 152 g/mol. The molecule has 2 aromatic rings. The molecule has 1 aromatic heterocycles. The first-order chi connectivity index (χ1) is 5.92. The van der Waals surface area contributed by atoms with Gasteiger partial charge in [0.25, 0.3) is 0 Å². The van der Waals surface area contributed by atoms with Crippen LogP contribution in [0.15, 0.2) is 30.5 Å². The van der Waals surface area contributed by atoms with Crippen LogP contribution in [-0.4, -0.2) is 11.4 Å². The van der Waals surface area contributed by atoms with Crippen LogP contribution in [0.25, 0.3) is 10.9 Å². The summed E-state index contributed by atoms with van der Waals surface area (Å²) in [5.74, 6) is 0. The molecule has 0 aliphatic rings. The first kappa shape index (κ1) is 6.91. The van der Waals surface area contributed by atoms with Crippen LogP contribution in [0.3, 0.4) is 0 Å². The average Bonchev–Trinajstić information content (AvgIpc) is 2.53. The Morgan fingerprint density at radius 3 is 3.08 bits per heavy atom. The van der Waals surface area contributed by atoms with Crippen molar-refractivity contribution in [2.45, 2.75) is 0 Å². The van der Waals surface area contributed by atoms with Gasteiger partial charge in [-0.3, -0.25) is 4.79 Å². The highest BCUT2D eigenvalue weighted by Crippen LogP contribution is 2.20. The fraction of sp³-hybridized carbons (Fsp3) is 0. The molecule has 0 radical (unpaired) electrons. The van der Waals surface area contributed by atoms with Gasteiger partial charge in [-0.15, -0.1) is 0 Å². The molecule has 0 unspecified atom stereocenters. The van der Waals surface area contributed by atoms with Crippen molar-refractivity contribution in [1.29, 1.82) is 0 Å². The monoisotopic (exact) mass is 160 g/mol. The summed E-state index contributed by atoms with van der Waals surface area (Å²) in [5, 5.41) is 3.72. The number of H-pyrrole nitrogens is 1. The molecule has 0 atom stereocenters. The smallest absolute Gasteiger partial charge is 0.211 e. The molecule has 0 spiro atoms. The summed E-state index contributed by atoms with van der Waals surface area (Å²) >= 11 is 0. The van der Waals surface area contributed by atoms with E-state index in [-0.39, 0.29) is 0 Å². The normalized spacial score (nSPS) is 10.0. The molecule has 2 rings (SSSR count). The standard InChI is InChI=1S/C9H8N2O/c12-6-11-8-3-1-2-7-4-5-10-9(7)8/h1-6,10H,(H,11,12). The SMILES string of the molecule is O=CNc1cccc2cc[nH]c12. The van der Waals surface area contributed by atoms with Gasteiger partial charge in [0.15, 0.2) is 0 Å². The molecule has 1 heterocycles. The summed E-state index contributed by atoms with van der Waals surface area (Å²) in [6.07, 6.45) is 2.52. The molecule has 0 saturated carbocycles. The number of anilines is 1. The number of carbonyl (C=O) groups excluding carboxylic acids is 1. The van der Waals surface area contributed by atoms with Crippen LogP contribution in [-0.2, 0) is 4.79 Å². The minimum absolute atomic E-state index is 0.676. The summed E-state index contributed by atoms with van der Waals surface area (Å²) in [6, 6.07) is 7.71. The Balaban J connectivity index is 2.65. The minimum Gasteiger partial charge on any atom is -0.359 e. The van der Waals surface area contributed by atoms with Gasteiger partial charge in [0.2, 0.25) is 6.41 Å². The molecule has 0 bridgehead atoms. The summed E-state index contributed by atoms with van der Waals surface area (Å²) in [4.78, 5) is 13.3. The lowest BCUT2D eigenvalue weighted by molar-refractivity contribution is -0.105. The van der Waals surface area contributed by atoms with Crippen molar-refractivity contribution in [3.8, 4) is 0 Å². The van der Waals surface area contributed by atoms with Gasteiger partial charge in [0, 0.05) is 11.6 Å². The van der Waals surface area contributed by atoms with E-state index < -0.39 is 0 Å². The molecule has 0 aliphatic heterocycles. The van der Waals surface area contributed by atoms with E-state index in [1.54, 1.807) is 0 Å². The molecular formula is C9H8N2O. The van der Waals surface area contributed by atoms with E-state index in [4.69, 9.17) is 0 Å². The fourth-order valence-electron chi connectivity index (χ4n) is 1.27. The average molecular weight is 160 g/mol. The number of aromatic nitrogens is 1. The Morgan fingerprint density at radius 1 is 1.33 bits per heavy atom. The summed E-state index contributed by atoms with van der Waals surface area (Å²) in [7, 11) is 0. The van der Waals surface area contributed by atoms with E-state index in [1.807, 2.05) is 30.5 Å². The van der Waals surface area contributed by atoms with Gasteiger partial charge in [0.1, 0.15) is 0 Å². The topological polar surface area (TPSA) is 44.9 Å². The van der Waals surface area contributed by atoms with E-state index >= 15 is 0 Å². The second-order valence-corrected chi connectivity index (χ2v) is 2.51. The second-order valence-electron chi connectivity index (χ2n) is 2.51. The maximum absolute atomic E-state index is 10.2. The number of para-hydroxylation sites is 1. The number of aromatic amines is 1. The van der Waals surface area contributed by atoms with Gasteiger partial charge in [0.05, 0.1) is 11.2 Å². The molecule has 0 saturated heterocycles. The summed E-state index contributed by atoms with van der Waals surface area (Å²) < 4.78 is 0. The van der Waals surface area contributed by atoms with Crippen LogP contribution >= 0.6 is 0 Å². The van der Waals surface area contributed by atoms with Gasteiger partial charge >= 0.3 is 0 Å². The Hall–Kier alpha value is -1.77. The number of amides is 1. The highest BCUT2D eigenvalue weighted by molar-refractivity contribution is 5.94. The maximum Gasteiger partial charge on any atom is 0.211 e. The van der Waals surface area contributed by atoms with E-state index in [0.29, 0.717) is 6.41 Å². The number of hydrogen-bond donors (Lipinski definition) is 2. The molecule has 3 heteroatoms. The van der Waals surface area contributed by atoms with E-state index in [0.717, 1.165) is 16.6 Å². The third-order valence-electron chi connectivity index (χ3n) is 1.80. The third kappa shape index (κ3) is 0.955. The molecule has 1 aromatic carbocycles. The number of fused-ring (bicyclic) bond motifs is 1. The van der Waals surface area contributed by atoms with Gasteiger partial charge < -0.3 is 10.3 Å². The van der Waals surface area contributed by atoms with Crippen LogP contribution in [0, 0.1) is 0 Å². The molecule has 3 nitrogen and oxygen atoms in total. The predicted octanol–water partition coefficient (Wildman–Crippen LogP) is 1.74. The predicted molar refractivity (Wildman–Crippen MR) is 48.0 cm³/mol. The Labute approximate surface area is 69.4 Å². The zero-order valence-corrected chi connectivity index (χ0v) is 6.37. The number of rotatable bonds is 2. The van der Waals surface area contributed by atoms with Gasteiger partial charge in [-0.1, -0.05) is 12.1 Å². The van der Waals surface area contributed by atoms with Crippen LogP contribution < -0.4 is 5.32 Å². The maximum atomic E-state index is 10.2. The highest BCUT2D eigenvalue weighted by atomic mass is 16.1. The Bertz CT molecular complexity index is 406. The van der Waals surface area contributed by atoms with Crippen molar-refractivity contribution in [1.82, 2.24) is 4.98 Å². The van der Waals surface area contributed by atoms with Crippen LogP contribution in [0.5, 0.6) is 0 Å². The lowest BCUT2D eigenvalue weighted by atomic mass is 10.2. The Kier molecular flexibility index (Phi) is 1.55. The highest BCUT2D eigenvalue weighted by Gasteiger charge is 1.98. The van der Waals surface area contributed by atoms with Crippen LogP contribution in [0.2, 0.25) is 0 Å². The van der Waals surface area contributed by atoms with Crippen molar-refractivity contribution >= 4 is 23.0 Å². The zero-order valence-electron chi connectivity index (χ0n) is 6.37. The van der Waals surface area contributed by atoms with E-state index in [9.17, 15) is 4.79 Å². The van der Waals surface area contributed by atoms with E-state index in [1.165, 1.54) is 0 Å². The molecule has 1 amide bonds.